The summed E-state index contributed by atoms with van der Waals surface area (Å²) in [4.78, 5) is 24.3. The maximum atomic E-state index is 12.1. The maximum Gasteiger partial charge on any atom is 0.321 e. The molecule has 1 fully saturated rings. The van der Waals surface area contributed by atoms with Gasteiger partial charge in [0, 0.05) is 12.2 Å². The molecule has 0 spiro atoms. The molecule has 0 bridgehead atoms. The van der Waals surface area contributed by atoms with Gasteiger partial charge in [-0.2, -0.15) is 0 Å². The van der Waals surface area contributed by atoms with Gasteiger partial charge < -0.3 is 20.4 Å². The summed E-state index contributed by atoms with van der Waals surface area (Å²) in [6.07, 6.45) is 1.43. The van der Waals surface area contributed by atoms with Crippen molar-refractivity contribution in [3.05, 3.63) is 29.8 Å². The molecule has 6 heteroatoms. The lowest BCUT2D eigenvalue weighted by Gasteiger charge is -2.36. The molecular formula is C15H20N2O4. The summed E-state index contributed by atoms with van der Waals surface area (Å²) >= 11 is 0. The van der Waals surface area contributed by atoms with Crippen LogP contribution in [-0.4, -0.2) is 45.8 Å². The number of amides is 2. The zero-order valence-corrected chi connectivity index (χ0v) is 12.0. The minimum absolute atomic E-state index is 0.0385. The molecule has 2 rings (SSSR count). The average Bonchev–Trinajstić information content (AvgIpc) is 2.39. The molecule has 1 atom stereocenters. The van der Waals surface area contributed by atoms with Crippen molar-refractivity contribution in [2.24, 2.45) is 0 Å². The molecule has 0 saturated carbocycles. The third-order valence-electron chi connectivity index (χ3n) is 3.52. The Bertz CT molecular complexity index is 525. The molecule has 114 valence electrons. The number of aliphatic carboxylic acids is 1. The Hall–Kier alpha value is -2.08. The van der Waals surface area contributed by atoms with Gasteiger partial charge in [0.15, 0.2) is 0 Å². The third kappa shape index (κ3) is 4.46. The summed E-state index contributed by atoms with van der Waals surface area (Å²) in [6, 6.07) is 6.46. The fourth-order valence-corrected chi connectivity index (χ4v) is 2.48. The smallest absolute Gasteiger partial charge is 0.321 e. The van der Waals surface area contributed by atoms with E-state index >= 15 is 0 Å². The van der Waals surface area contributed by atoms with E-state index in [1.807, 2.05) is 0 Å². The number of carboxylic acids is 1. The number of rotatable bonds is 3. The van der Waals surface area contributed by atoms with Crippen LogP contribution in [0.15, 0.2) is 24.3 Å². The lowest BCUT2D eigenvalue weighted by Crippen LogP contribution is -2.49. The van der Waals surface area contributed by atoms with Crippen molar-refractivity contribution in [1.82, 2.24) is 4.90 Å². The van der Waals surface area contributed by atoms with Gasteiger partial charge in [-0.15, -0.1) is 0 Å². The molecule has 0 aliphatic carbocycles. The van der Waals surface area contributed by atoms with Crippen LogP contribution in [0, 0.1) is 0 Å². The van der Waals surface area contributed by atoms with Crippen molar-refractivity contribution < 1.29 is 19.8 Å². The molecule has 0 aromatic heterocycles. The van der Waals surface area contributed by atoms with Crippen molar-refractivity contribution in [2.45, 2.75) is 31.8 Å². The first-order valence-corrected chi connectivity index (χ1v) is 6.95. The second kappa shape index (κ2) is 6.13. The fourth-order valence-electron chi connectivity index (χ4n) is 2.48. The molecule has 1 unspecified atom stereocenters. The molecule has 1 aliphatic rings. The number of carbonyl (C=O) groups excluding carboxylic acids is 1. The van der Waals surface area contributed by atoms with Crippen LogP contribution in [0.2, 0.25) is 0 Å². The number of urea groups is 1. The van der Waals surface area contributed by atoms with E-state index in [0.717, 1.165) is 6.42 Å². The Labute approximate surface area is 123 Å². The summed E-state index contributed by atoms with van der Waals surface area (Å²) in [5, 5.41) is 21.5. The standard InChI is InChI=1S/C15H20N2O4/c1-15(21)7-2-8-17(10-15)14(20)16-12-5-3-11(4-6-12)9-13(18)19/h3-6,21H,2,7-10H2,1H3,(H,16,20)(H,18,19). The van der Waals surface area contributed by atoms with Gasteiger partial charge in [0.2, 0.25) is 0 Å². The summed E-state index contributed by atoms with van der Waals surface area (Å²) in [6.45, 7) is 2.67. The van der Waals surface area contributed by atoms with Crippen LogP contribution in [0.3, 0.4) is 0 Å². The highest BCUT2D eigenvalue weighted by atomic mass is 16.4. The van der Waals surface area contributed by atoms with Crippen LogP contribution in [0.4, 0.5) is 10.5 Å². The van der Waals surface area contributed by atoms with Gasteiger partial charge in [0.25, 0.3) is 0 Å². The van der Waals surface area contributed by atoms with E-state index in [4.69, 9.17) is 5.11 Å². The molecule has 1 aromatic rings. The van der Waals surface area contributed by atoms with E-state index in [1.54, 1.807) is 36.1 Å². The van der Waals surface area contributed by atoms with Crippen LogP contribution in [-0.2, 0) is 11.2 Å². The second-order valence-corrected chi connectivity index (χ2v) is 5.72. The van der Waals surface area contributed by atoms with Gasteiger partial charge in [-0.05, 0) is 37.5 Å². The van der Waals surface area contributed by atoms with Gasteiger partial charge in [-0.3, -0.25) is 4.79 Å². The van der Waals surface area contributed by atoms with Crippen molar-refractivity contribution in [2.75, 3.05) is 18.4 Å². The Morgan fingerprint density at radius 1 is 1.33 bits per heavy atom. The number of likely N-dealkylation sites (tertiary alicyclic amines) is 1. The van der Waals surface area contributed by atoms with Crippen LogP contribution >= 0.6 is 0 Å². The average molecular weight is 292 g/mol. The minimum atomic E-state index is -0.887. The molecule has 3 N–H and O–H groups in total. The SMILES string of the molecule is CC1(O)CCCN(C(=O)Nc2ccc(CC(=O)O)cc2)C1. The normalized spacial score (nSPS) is 21.9. The van der Waals surface area contributed by atoms with E-state index in [1.165, 1.54) is 0 Å². The Kier molecular flexibility index (Phi) is 4.47. The number of hydrogen-bond donors (Lipinski definition) is 3. The first kappa shape index (κ1) is 15.3. The molecule has 1 saturated heterocycles. The summed E-state index contributed by atoms with van der Waals surface area (Å²) in [5.41, 5.74) is 0.460. The number of β-amino-alcohol motifs (C(OH)–C–C–N with tert-alkyl or cyclic N) is 1. The summed E-state index contributed by atoms with van der Waals surface area (Å²) in [5.74, 6) is -0.887. The van der Waals surface area contributed by atoms with Crippen molar-refractivity contribution in [3.63, 3.8) is 0 Å². The number of aliphatic hydroxyl groups is 1. The summed E-state index contributed by atoms with van der Waals surface area (Å²) < 4.78 is 0. The number of hydrogen-bond acceptors (Lipinski definition) is 3. The van der Waals surface area contributed by atoms with E-state index in [9.17, 15) is 14.7 Å². The zero-order chi connectivity index (χ0) is 15.5. The number of nitrogens with zero attached hydrogens (tertiary/aromatic N) is 1. The molecule has 1 aromatic carbocycles. The lowest BCUT2D eigenvalue weighted by molar-refractivity contribution is -0.136. The van der Waals surface area contributed by atoms with Crippen LogP contribution < -0.4 is 5.32 Å². The van der Waals surface area contributed by atoms with E-state index in [-0.39, 0.29) is 12.5 Å². The highest BCUT2D eigenvalue weighted by Crippen LogP contribution is 2.21. The quantitative estimate of drug-likeness (QED) is 0.791. The van der Waals surface area contributed by atoms with Crippen molar-refractivity contribution >= 4 is 17.7 Å². The monoisotopic (exact) mass is 292 g/mol. The van der Waals surface area contributed by atoms with Crippen LogP contribution in [0.1, 0.15) is 25.3 Å². The second-order valence-electron chi connectivity index (χ2n) is 5.72. The van der Waals surface area contributed by atoms with Gasteiger partial charge in [0.05, 0.1) is 18.6 Å². The number of carboxylic acid groups (broad SMARTS) is 1. The van der Waals surface area contributed by atoms with Gasteiger partial charge in [-0.25, -0.2) is 4.79 Å². The van der Waals surface area contributed by atoms with Crippen molar-refractivity contribution in [1.29, 1.82) is 0 Å². The van der Waals surface area contributed by atoms with Gasteiger partial charge in [0.1, 0.15) is 0 Å². The molecule has 0 radical (unpaired) electrons. The lowest BCUT2D eigenvalue weighted by atomic mass is 9.95. The largest absolute Gasteiger partial charge is 0.481 e. The van der Waals surface area contributed by atoms with E-state index in [0.29, 0.717) is 30.8 Å². The first-order chi connectivity index (χ1) is 9.85. The Balaban J connectivity index is 1.94. The Morgan fingerprint density at radius 3 is 2.57 bits per heavy atom. The molecule has 2 amide bonds. The summed E-state index contributed by atoms with van der Waals surface area (Å²) in [7, 11) is 0. The molecule has 1 aliphatic heterocycles. The highest BCUT2D eigenvalue weighted by Gasteiger charge is 2.30. The topological polar surface area (TPSA) is 89.9 Å². The first-order valence-electron chi connectivity index (χ1n) is 6.95. The van der Waals surface area contributed by atoms with Crippen LogP contribution in [0.25, 0.3) is 0 Å². The molecule has 6 nitrogen and oxygen atoms in total. The van der Waals surface area contributed by atoms with E-state index < -0.39 is 11.6 Å². The van der Waals surface area contributed by atoms with Crippen LogP contribution in [0.5, 0.6) is 0 Å². The molecule has 21 heavy (non-hydrogen) atoms. The van der Waals surface area contributed by atoms with Gasteiger partial charge >= 0.3 is 12.0 Å². The highest BCUT2D eigenvalue weighted by molar-refractivity contribution is 5.89. The minimum Gasteiger partial charge on any atom is -0.481 e. The predicted molar refractivity (Wildman–Crippen MR) is 78.2 cm³/mol. The molecular weight excluding hydrogens is 272 g/mol. The maximum absolute atomic E-state index is 12.1. The fraction of sp³-hybridized carbons (Fsp3) is 0.467. The Morgan fingerprint density at radius 2 is 2.00 bits per heavy atom. The number of benzene rings is 1. The van der Waals surface area contributed by atoms with Crippen molar-refractivity contribution in [3.8, 4) is 0 Å². The molecule has 1 heterocycles. The van der Waals surface area contributed by atoms with E-state index in [2.05, 4.69) is 5.32 Å². The number of piperidine rings is 1. The zero-order valence-electron chi connectivity index (χ0n) is 12.0. The predicted octanol–water partition coefficient (Wildman–Crippen LogP) is 1.69. The number of anilines is 1. The number of carbonyl (C=O) groups is 2. The van der Waals surface area contributed by atoms with Gasteiger partial charge in [-0.1, -0.05) is 12.1 Å². The third-order valence-corrected chi connectivity index (χ3v) is 3.52. The number of nitrogens with one attached hydrogen (secondary N) is 1.